The number of amides is 2. The van der Waals surface area contributed by atoms with Gasteiger partial charge >= 0.3 is 19.5 Å². The van der Waals surface area contributed by atoms with Crippen molar-refractivity contribution in [1.29, 1.82) is 0 Å². The van der Waals surface area contributed by atoms with Crippen LogP contribution in [0, 0.1) is 5.92 Å². The van der Waals surface area contributed by atoms with E-state index in [1.54, 1.807) is 18.3 Å². The van der Waals surface area contributed by atoms with Gasteiger partial charge in [-0.1, -0.05) is 30.7 Å². The maximum atomic E-state index is 11.6. The summed E-state index contributed by atoms with van der Waals surface area (Å²) in [4.78, 5) is 34.1. The van der Waals surface area contributed by atoms with Crippen LogP contribution in [0.3, 0.4) is 0 Å². The van der Waals surface area contributed by atoms with Gasteiger partial charge in [0.15, 0.2) is 0 Å². The molecule has 8 nitrogen and oxygen atoms in total. The molecule has 0 radical (unpaired) electrons. The van der Waals surface area contributed by atoms with E-state index in [4.69, 9.17) is 5.73 Å². The van der Waals surface area contributed by atoms with Crippen LogP contribution < -0.4 is 10.8 Å². The van der Waals surface area contributed by atoms with E-state index in [9.17, 15) is 19.5 Å². The number of carbonyl (C=O) groups excluding carboxylic acids is 3. The van der Waals surface area contributed by atoms with Gasteiger partial charge in [0.2, 0.25) is 0 Å². The summed E-state index contributed by atoms with van der Waals surface area (Å²) in [5, 5.41) is 17.8. The molecule has 1 aliphatic heterocycles. The summed E-state index contributed by atoms with van der Waals surface area (Å²) < 4.78 is 0. The molecule has 0 aromatic heterocycles. The molecule has 1 aliphatic rings. The maximum absolute atomic E-state index is 11.6. The van der Waals surface area contributed by atoms with Crippen molar-refractivity contribution in [3.05, 3.63) is 47.0 Å². The van der Waals surface area contributed by atoms with Crippen LogP contribution in [0.4, 0.5) is 0 Å². The first-order valence-corrected chi connectivity index (χ1v) is 9.84. The first kappa shape index (κ1) is 28.6. The van der Waals surface area contributed by atoms with Crippen LogP contribution in [0.25, 0.3) is 0 Å². The average Bonchev–Trinajstić information content (AvgIpc) is 2.90. The van der Waals surface area contributed by atoms with Crippen molar-refractivity contribution in [2.45, 2.75) is 40.0 Å². The molecule has 1 atom stereocenters. The van der Waals surface area contributed by atoms with Gasteiger partial charge in [-0.2, -0.15) is 10.2 Å². The van der Waals surface area contributed by atoms with Crippen molar-refractivity contribution in [1.82, 2.24) is 4.90 Å². The van der Waals surface area contributed by atoms with Crippen molar-refractivity contribution in [2.75, 3.05) is 6.54 Å². The molecule has 10 heteroatoms. The molecule has 0 fully saturated rings. The zero-order valence-electron chi connectivity index (χ0n) is 18.0. The topological polar surface area (TPSA) is 128 Å². The Morgan fingerprint density at radius 1 is 1.23 bits per heavy atom. The first-order chi connectivity index (χ1) is 14.1. The number of amidine groups is 1. The van der Waals surface area contributed by atoms with Gasteiger partial charge in [-0.25, -0.2) is 0 Å². The molecule has 0 saturated carbocycles. The molecule has 2 rings (SSSR count). The van der Waals surface area contributed by atoms with Gasteiger partial charge in [0.05, 0.1) is 23.6 Å². The van der Waals surface area contributed by atoms with Crippen LogP contribution in [0.2, 0.25) is 0 Å². The van der Waals surface area contributed by atoms with E-state index < -0.39 is 24.3 Å². The van der Waals surface area contributed by atoms with Gasteiger partial charge < -0.3 is 28.3 Å². The normalized spacial score (nSPS) is 13.8. The van der Waals surface area contributed by atoms with Crippen LogP contribution in [-0.2, 0) is 36.9 Å². The molecular formula is C21H26N4O4SZn. The Hall–Kier alpha value is -2.45. The number of carboxylic acid groups (broad SMARTS) is 1. The fourth-order valence-corrected chi connectivity index (χ4v) is 2.66. The Bertz CT molecular complexity index is 828. The molecule has 0 bridgehead atoms. The van der Waals surface area contributed by atoms with E-state index >= 15 is 0 Å². The second kappa shape index (κ2) is 14.5. The molecule has 2 amide bonds. The minimum Gasteiger partial charge on any atom is -0.741 e. The van der Waals surface area contributed by atoms with Crippen molar-refractivity contribution >= 4 is 41.8 Å². The second-order valence-corrected chi connectivity index (χ2v) is 7.47. The van der Waals surface area contributed by atoms with Crippen LogP contribution in [0.1, 0.15) is 60.7 Å². The minimum absolute atomic E-state index is 0. The molecule has 0 spiro atoms. The Kier molecular flexibility index (Phi) is 13.4. The minimum atomic E-state index is -1.45. The second-order valence-electron chi connectivity index (χ2n) is 7.05. The van der Waals surface area contributed by atoms with Gasteiger partial charge in [0.25, 0.3) is 11.8 Å². The van der Waals surface area contributed by atoms with Crippen LogP contribution in [-0.4, -0.2) is 40.6 Å². The number of benzene rings is 1. The number of rotatable bonds is 8. The number of nitrogens with two attached hydrogens (primary N) is 1. The Morgan fingerprint density at radius 2 is 1.77 bits per heavy atom. The number of imide groups is 1. The number of hydrogen-bond acceptors (Lipinski definition) is 7. The number of nitrogens with zero attached hydrogens (tertiary/aromatic N) is 3. The van der Waals surface area contributed by atoms with Crippen molar-refractivity contribution < 1.29 is 39.0 Å². The van der Waals surface area contributed by atoms with E-state index in [0.29, 0.717) is 10.8 Å². The Morgan fingerprint density at radius 3 is 2.23 bits per heavy atom. The largest absolute Gasteiger partial charge is 2.00 e. The van der Waals surface area contributed by atoms with Gasteiger partial charge in [-0.3, -0.25) is 14.5 Å². The van der Waals surface area contributed by atoms with Crippen LogP contribution >= 0.6 is 0 Å². The molecule has 2 N–H and O–H groups in total. The third-order valence-electron chi connectivity index (χ3n) is 4.12. The summed E-state index contributed by atoms with van der Waals surface area (Å²) in [6, 6.07) is 6.22. The van der Waals surface area contributed by atoms with E-state index in [1.165, 1.54) is 24.1 Å². The Balaban J connectivity index is 0.000000562. The number of carbonyl (C=O) groups is 3. The van der Waals surface area contributed by atoms with E-state index in [1.807, 2.05) is 0 Å². The summed E-state index contributed by atoms with van der Waals surface area (Å²) >= 11 is 4.56. The van der Waals surface area contributed by atoms with Crippen LogP contribution in [0.5, 0.6) is 0 Å². The monoisotopic (exact) mass is 494 g/mol. The first-order valence-electron chi connectivity index (χ1n) is 9.43. The number of hydrogen-bond donors (Lipinski definition) is 1. The summed E-state index contributed by atoms with van der Waals surface area (Å²) in [6.45, 7) is 5.73. The van der Waals surface area contributed by atoms with E-state index in [-0.39, 0.29) is 35.8 Å². The molecule has 162 valence electrons. The van der Waals surface area contributed by atoms with Gasteiger partial charge in [0, 0.05) is 6.21 Å². The summed E-state index contributed by atoms with van der Waals surface area (Å²) in [7, 11) is 0. The number of allylic oxidation sites excluding steroid dienone is 2. The van der Waals surface area contributed by atoms with E-state index in [2.05, 4.69) is 49.7 Å². The molecule has 31 heavy (non-hydrogen) atoms. The third-order valence-corrected chi connectivity index (χ3v) is 4.20. The summed E-state index contributed by atoms with van der Waals surface area (Å²) in [5.74, 6) is -2.00. The predicted octanol–water partition coefficient (Wildman–Crippen LogP) is 1.64. The predicted molar refractivity (Wildman–Crippen MR) is 117 cm³/mol. The van der Waals surface area contributed by atoms with E-state index in [0.717, 1.165) is 12.8 Å². The quantitative estimate of drug-likeness (QED) is 0.111. The summed E-state index contributed by atoms with van der Waals surface area (Å²) in [5.41, 5.74) is 7.02. The summed E-state index contributed by atoms with van der Waals surface area (Å²) in [6.07, 6.45) is 7.25. The molecule has 1 heterocycles. The number of aliphatic carboxylic acids is 1. The molecule has 0 saturated heterocycles. The molecular weight excluding hydrogens is 470 g/mol. The molecule has 1 unspecified atom stereocenters. The zero-order valence-corrected chi connectivity index (χ0v) is 21.8. The average molecular weight is 496 g/mol. The smallest absolute Gasteiger partial charge is 0.741 e. The fourth-order valence-electron chi connectivity index (χ4n) is 2.61. The van der Waals surface area contributed by atoms with Gasteiger partial charge in [-0.15, -0.1) is 0 Å². The van der Waals surface area contributed by atoms with Crippen molar-refractivity contribution in [2.24, 2.45) is 21.9 Å². The SMILES string of the molecule is CC(C)=CCCC(C)C/C=N/N=C(/N)[S-].O=C([O-])CN1C(=O)c2ccccc2C1=O.[Zn+2]. The van der Waals surface area contributed by atoms with Crippen molar-refractivity contribution in [3.63, 3.8) is 0 Å². The standard InChI is InChI=1S/C11H21N3S.C10H7NO4.Zn/c1-9(2)5-4-6-10(3)7-8-13-14-11(12)15;12-8(13)5-11-9(14)6-3-1-2-4-7(6)10(11)15;/h5,8,10H,4,6-7H2,1-3H3,(H3,12,14,15);1-4H,5H2,(H,12,13);/q;;+2/p-2/b13-8+;;. The Labute approximate surface area is 200 Å². The zero-order chi connectivity index (χ0) is 22.7. The molecule has 0 aliphatic carbocycles. The maximum Gasteiger partial charge on any atom is 2.00 e. The van der Waals surface area contributed by atoms with Crippen molar-refractivity contribution in [3.8, 4) is 0 Å². The van der Waals surface area contributed by atoms with Crippen LogP contribution in [0.15, 0.2) is 46.1 Å². The number of fused-ring (bicyclic) bond motifs is 1. The van der Waals surface area contributed by atoms with Gasteiger partial charge in [-0.05, 0) is 56.3 Å². The molecule has 1 aromatic rings. The van der Waals surface area contributed by atoms with Gasteiger partial charge in [0.1, 0.15) is 0 Å². The third kappa shape index (κ3) is 10.4. The molecule has 1 aromatic carbocycles. The number of carboxylic acids is 1. The fraction of sp³-hybridized carbons (Fsp3) is 0.381.